The van der Waals surface area contributed by atoms with E-state index >= 15 is 0 Å². The highest BCUT2D eigenvalue weighted by Crippen LogP contribution is 2.33. The standard InChI is InChI=1S/C16H13F4N5O3S2/c1-7(29)21-5-9-6-25(15(27)28-9)8-2-3-10(11(17)4-8)12(26)22-14-24-23-13(30-14)16(18,19)20/h2-4,9H,5-6H2,1H3,(H,21,29)(H,22,24,26)/t9-/m0/s1. The van der Waals surface area contributed by atoms with Crippen LogP contribution in [0.4, 0.5) is 33.2 Å². The topological polar surface area (TPSA) is 96.5 Å². The van der Waals surface area contributed by atoms with Crippen LogP contribution in [0.1, 0.15) is 22.3 Å². The van der Waals surface area contributed by atoms with E-state index < -0.39 is 45.8 Å². The number of anilines is 2. The zero-order chi connectivity index (χ0) is 22.1. The molecule has 2 amide bonds. The largest absolute Gasteiger partial charge is 0.445 e. The molecule has 0 unspecified atom stereocenters. The van der Waals surface area contributed by atoms with Crippen molar-refractivity contribution in [1.29, 1.82) is 0 Å². The Morgan fingerprint density at radius 2 is 2.13 bits per heavy atom. The maximum absolute atomic E-state index is 14.4. The molecule has 1 aliphatic rings. The lowest BCUT2D eigenvalue weighted by molar-refractivity contribution is -0.138. The van der Waals surface area contributed by atoms with Crippen LogP contribution in [-0.2, 0) is 10.9 Å². The van der Waals surface area contributed by atoms with Crippen LogP contribution in [0.2, 0.25) is 0 Å². The van der Waals surface area contributed by atoms with Gasteiger partial charge in [-0.05, 0) is 25.1 Å². The molecule has 0 aliphatic carbocycles. The van der Waals surface area contributed by atoms with Crippen molar-refractivity contribution in [1.82, 2.24) is 15.5 Å². The number of alkyl halides is 3. The number of halogens is 4. The first kappa shape index (κ1) is 21.8. The van der Waals surface area contributed by atoms with Crippen molar-refractivity contribution in [2.24, 2.45) is 0 Å². The zero-order valence-electron chi connectivity index (χ0n) is 15.1. The highest BCUT2D eigenvalue weighted by molar-refractivity contribution is 7.80. The molecule has 1 saturated heterocycles. The van der Waals surface area contributed by atoms with Crippen molar-refractivity contribution < 1.29 is 31.9 Å². The Balaban J connectivity index is 1.69. The maximum atomic E-state index is 14.4. The molecule has 160 valence electrons. The average Bonchev–Trinajstić information content (AvgIpc) is 3.26. The van der Waals surface area contributed by atoms with E-state index in [-0.39, 0.29) is 23.6 Å². The summed E-state index contributed by atoms with van der Waals surface area (Å²) in [4.78, 5) is 25.9. The molecule has 1 atom stereocenters. The molecule has 0 bridgehead atoms. The highest BCUT2D eigenvalue weighted by Gasteiger charge is 2.36. The zero-order valence-corrected chi connectivity index (χ0v) is 16.8. The molecule has 0 radical (unpaired) electrons. The predicted octanol–water partition coefficient (Wildman–Crippen LogP) is 3.21. The predicted molar refractivity (Wildman–Crippen MR) is 103 cm³/mol. The molecule has 14 heteroatoms. The second-order valence-corrected chi connectivity index (χ2v) is 7.67. The van der Waals surface area contributed by atoms with Crippen LogP contribution >= 0.6 is 23.6 Å². The van der Waals surface area contributed by atoms with Gasteiger partial charge in [0.2, 0.25) is 10.1 Å². The van der Waals surface area contributed by atoms with E-state index in [4.69, 9.17) is 17.0 Å². The van der Waals surface area contributed by atoms with Gasteiger partial charge in [0.15, 0.2) is 0 Å². The van der Waals surface area contributed by atoms with Gasteiger partial charge in [0.25, 0.3) is 5.91 Å². The third kappa shape index (κ3) is 4.99. The number of rotatable bonds is 5. The molecule has 30 heavy (non-hydrogen) atoms. The number of thiocarbonyl (C=S) groups is 1. The third-order valence-electron chi connectivity index (χ3n) is 3.85. The van der Waals surface area contributed by atoms with Crippen LogP contribution in [-0.4, -0.2) is 46.4 Å². The second-order valence-electron chi connectivity index (χ2n) is 6.08. The number of hydrogen-bond donors (Lipinski definition) is 2. The number of amides is 2. The molecular formula is C16H13F4N5O3S2. The van der Waals surface area contributed by atoms with Crippen molar-refractivity contribution in [2.45, 2.75) is 19.2 Å². The van der Waals surface area contributed by atoms with Gasteiger partial charge < -0.3 is 10.1 Å². The van der Waals surface area contributed by atoms with Crippen LogP contribution < -0.4 is 15.5 Å². The van der Waals surface area contributed by atoms with Crippen LogP contribution in [0, 0.1) is 5.82 Å². The van der Waals surface area contributed by atoms with Gasteiger partial charge in [-0.3, -0.25) is 15.0 Å². The Labute approximate surface area is 176 Å². The van der Waals surface area contributed by atoms with E-state index in [9.17, 15) is 27.2 Å². The van der Waals surface area contributed by atoms with Gasteiger partial charge in [0, 0.05) is 0 Å². The van der Waals surface area contributed by atoms with E-state index in [1.807, 2.05) is 0 Å². The minimum atomic E-state index is -4.70. The molecule has 2 N–H and O–H groups in total. The normalized spacial score (nSPS) is 16.4. The Bertz CT molecular complexity index is 998. The monoisotopic (exact) mass is 463 g/mol. The number of ether oxygens (including phenoxy) is 1. The molecule has 1 aliphatic heterocycles. The van der Waals surface area contributed by atoms with Gasteiger partial charge in [-0.15, -0.1) is 10.2 Å². The van der Waals surface area contributed by atoms with Gasteiger partial charge in [-0.25, -0.2) is 9.18 Å². The first-order chi connectivity index (χ1) is 14.0. The number of nitrogens with zero attached hydrogens (tertiary/aromatic N) is 3. The van der Waals surface area contributed by atoms with Crippen LogP contribution in [0.25, 0.3) is 0 Å². The van der Waals surface area contributed by atoms with Crippen LogP contribution in [0.15, 0.2) is 18.2 Å². The number of carbonyl (C=O) groups excluding carboxylic acids is 2. The Morgan fingerprint density at radius 1 is 1.40 bits per heavy atom. The molecule has 2 aromatic rings. The van der Waals surface area contributed by atoms with Crippen LogP contribution in [0.3, 0.4) is 0 Å². The Kier molecular flexibility index (Phi) is 6.17. The van der Waals surface area contributed by atoms with Gasteiger partial charge in [-0.1, -0.05) is 23.6 Å². The summed E-state index contributed by atoms with van der Waals surface area (Å²) in [5.74, 6) is -1.99. The number of hydrogen-bond acceptors (Lipinski definition) is 7. The van der Waals surface area contributed by atoms with Crippen LogP contribution in [0.5, 0.6) is 0 Å². The van der Waals surface area contributed by atoms with Gasteiger partial charge in [-0.2, -0.15) is 13.2 Å². The summed E-state index contributed by atoms with van der Waals surface area (Å²) >= 11 is 5.00. The SMILES string of the molecule is CC(=S)NC[C@H]1CN(c2ccc(C(=O)Nc3nnc(C(F)(F)F)s3)c(F)c2)C(=O)O1. The average molecular weight is 463 g/mol. The molecule has 3 rings (SSSR count). The fraction of sp³-hybridized carbons (Fsp3) is 0.312. The summed E-state index contributed by atoms with van der Waals surface area (Å²) in [6.45, 7) is 2.11. The van der Waals surface area contributed by atoms with E-state index in [1.165, 1.54) is 11.0 Å². The Morgan fingerprint density at radius 3 is 2.73 bits per heavy atom. The summed E-state index contributed by atoms with van der Waals surface area (Å²) in [6, 6.07) is 3.38. The molecular weight excluding hydrogens is 450 g/mol. The quantitative estimate of drug-likeness (QED) is 0.519. The molecule has 1 aromatic carbocycles. The number of benzene rings is 1. The smallest absolute Gasteiger partial charge is 0.442 e. The summed E-state index contributed by atoms with van der Waals surface area (Å²) in [5.41, 5.74) is -0.282. The number of carbonyl (C=O) groups is 2. The van der Waals surface area contributed by atoms with Crippen molar-refractivity contribution in [3.63, 3.8) is 0 Å². The highest BCUT2D eigenvalue weighted by atomic mass is 32.1. The van der Waals surface area contributed by atoms with Crippen molar-refractivity contribution in [2.75, 3.05) is 23.3 Å². The van der Waals surface area contributed by atoms with E-state index in [1.54, 1.807) is 6.92 Å². The fourth-order valence-electron chi connectivity index (χ4n) is 2.51. The second kappa shape index (κ2) is 8.47. The third-order valence-corrected chi connectivity index (χ3v) is 4.88. The van der Waals surface area contributed by atoms with Crippen molar-refractivity contribution in [3.05, 3.63) is 34.6 Å². The maximum Gasteiger partial charge on any atom is 0.445 e. The lowest BCUT2D eigenvalue weighted by atomic mass is 10.1. The van der Waals surface area contributed by atoms with Gasteiger partial charge in [0.05, 0.1) is 29.3 Å². The minimum Gasteiger partial charge on any atom is -0.442 e. The summed E-state index contributed by atoms with van der Waals surface area (Å²) in [6.07, 6.45) is -5.89. The molecule has 8 nitrogen and oxygen atoms in total. The minimum absolute atomic E-state index is 0.113. The number of nitrogens with one attached hydrogen (secondary N) is 2. The molecule has 0 saturated carbocycles. The summed E-state index contributed by atoms with van der Waals surface area (Å²) in [7, 11) is 0. The molecule has 1 fully saturated rings. The van der Waals surface area contributed by atoms with E-state index in [0.29, 0.717) is 11.5 Å². The lowest BCUT2D eigenvalue weighted by Gasteiger charge is -2.14. The molecule has 0 spiro atoms. The van der Waals surface area contributed by atoms with E-state index in [0.717, 1.165) is 12.1 Å². The van der Waals surface area contributed by atoms with Crippen molar-refractivity contribution in [3.8, 4) is 0 Å². The first-order valence-electron chi connectivity index (χ1n) is 8.29. The summed E-state index contributed by atoms with van der Waals surface area (Å²) < 4.78 is 57.3. The van der Waals surface area contributed by atoms with E-state index in [2.05, 4.69) is 20.8 Å². The van der Waals surface area contributed by atoms with Gasteiger partial charge >= 0.3 is 12.3 Å². The molecule has 2 heterocycles. The van der Waals surface area contributed by atoms with Crippen molar-refractivity contribution >= 4 is 51.4 Å². The Hall–Kier alpha value is -2.87. The number of aromatic nitrogens is 2. The lowest BCUT2D eigenvalue weighted by Crippen LogP contribution is -2.32. The molecule has 1 aromatic heterocycles. The first-order valence-corrected chi connectivity index (χ1v) is 9.51. The van der Waals surface area contributed by atoms with Gasteiger partial charge in [0.1, 0.15) is 11.9 Å². The summed E-state index contributed by atoms with van der Waals surface area (Å²) in [5, 5.41) is 9.41. The number of cyclic esters (lactones) is 1. The fourth-order valence-corrected chi connectivity index (χ4v) is 3.19.